The van der Waals surface area contributed by atoms with Crippen molar-refractivity contribution in [2.45, 2.75) is 20.3 Å². The first-order valence-electron chi connectivity index (χ1n) is 2.41. The highest BCUT2D eigenvalue weighted by Crippen LogP contribution is 1.97. The summed E-state index contributed by atoms with van der Waals surface area (Å²) in [5.41, 5.74) is 0. The molecule has 0 saturated carbocycles. The average molecular weight is 126 g/mol. The molecule has 0 aromatic carbocycles. The van der Waals surface area contributed by atoms with Crippen LogP contribution in [0, 0.1) is 5.92 Å². The van der Waals surface area contributed by atoms with Crippen molar-refractivity contribution in [2.24, 2.45) is 5.92 Å². The third-order valence-electron chi connectivity index (χ3n) is 1.03. The van der Waals surface area contributed by atoms with Gasteiger partial charge in [-0.05, 0) is 6.42 Å². The molecular formula is C5H10MgO2. The first-order valence-corrected chi connectivity index (χ1v) is 2.41. The van der Waals surface area contributed by atoms with Crippen LogP contribution >= 0.6 is 0 Å². The van der Waals surface area contributed by atoms with Crippen molar-refractivity contribution in [1.29, 1.82) is 0 Å². The van der Waals surface area contributed by atoms with E-state index in [1.54, 1.807) is 6.92 Å². The maximum Gasteiger partial charge on any atom is 0.306 e. The minimum atomic E-state index is -0.706. The minimum absolute atomic E-state index is 0. The maximum atomic E-state index is 9.93. The standard InChI is InChI=1S/C5H10O2.Mg/c1-3-4(2)5(6)7;/h4H,3H2,1-2H3,(H,6,7);. The van der Waals surface area contributed by atoms with Crippen molar-refractivity contribution >= 4 is 29.0 Å². The topological polar surface area (TPSA) is 37.3 Å². The molecule has 8 heavy (non-hydrogen) atoms. The van der Waals surface area contributed by atoms with Gasteiger partial charge in [0.2, 0.25) is 0 Å². The van der Waals surface area contributed by atoms with Crippen LogP contribution in [0.25, 0.3) is 0 Å². The van der Waals surface area contributed by atoms with Gasteiger partial charge in [0.1, 0.15) is 0 Å². The van der Waals surface area contributed by atoms with Crippen LogP contribution < -0.4 is 0 Å². The first-order chi connectivity index (χ1) is 3.18. The van der Waals surface area contributed by atoms with Crippen LogP contribution in [0.5, 0.6) is 0 Å². The second kappa shape index (κ2) is 5.37. The molecule has 0 amide bonds. The molecule has 3 heteroatoms. The van der Waals surface area contributed by atoms with Crippen molar-refractivity contribution < 1.29 is 9.90 Å². The Balaban J connectivity index is 0. The minimum Gasteiger partial charge on any atom is -0.481 e. The zero-order valence-corrected chi connectivity index (χ0v) is 6.76. The van der Waals surface area contributed by atoms with E-state index in [0.29, 0.717) is 0 Å². The van der Waals surface area contributed by atoms with E-state index >= 15 is 0 Å². The van der Waals surface area contributed by atoms with Gasteiger partial charge in [0.15, 0.2) is 0 Å². The zero-order valence-electron chi connectivity index (χ0n) is 5.35. The Morgan fingerprint density at radius 3 is 2.12 bits per heavy atom. The molecule has 2 radical (unpaired) electrons. The molecule has 0 spiro atoms. The van der Waals surface area contributed by atoms with Gasteiger partial charge in [0.25, 0.3) is 0 Å². The number of rotatable bonds is 2. The lowest BCUT2D eigenvalue weighted by Gasteiger charge is -1.96. The molecule has 0 aromatic heterocycles. The highest BCUT2D eigenvalue weighted by Gasteiger charge is 2.05. The molecule has 0 aliphatic carbocycles. The van der Waals surface area contributed by atoms with Crippen LogP contribution in [-0.4, -0.2) is 34.1 Å². The SMILES string of the molecule is CCC(C)C(=O)O.[Mg]. The molecule has 0 aliphatic rings. The van der Waals surface area contributed by atoms with Crippen molar-refractivity contribution in [3.8, 4) is 0 Å². The largest absolute Gasteiger partial charge is 0.481 e. The number of hydrogen-bond acceptors (Lipinski definition) is 1. The summed E-state index contributed by atoms with van der Waals surface area (Å²) in [4.78, 5) is 9.93. The lowest BCUT2D eigenvalue weighted by molar-refractivity contribution is -0.141. The fraction of sp³-hybridized carbons (Fsp3) is 0.800. The number of carbonyl (C=O) groups is 1. The van der Waals surface area contributed by atoms with Gasteiger partial charge in [-0.3, -0.25) is 4.79 Å². The van der Waals surface area contributed by atoms with E-state index in [4.69, 9.17) is 5.11 Å². The normalized spacial score (nSPS) is 11.8. The summed E-state index contributed by atoms with van der Waals surface area (Å²) in [6, 6.07) is 0. The molecule has 0 fully saturated rings. The Labute approximate surface area is 65.4 Å². The summed E-state index contributed by atoms with van der Waals surface area (Å²) < 4.78 is 0. The smallest absolute Gasteiger partial charge is 0.306 e. The number of aliphatic carboxylic acids is 1. The zero-order chi connectivity index (χ0) is 5.86. The van der Waals surface area contributed by atoms with Crippen molar-refractivity contribution in [1.82, 2.24) is 0 Å². The molecule has 0 aliphatic heterocycles. The molecule has 0 heterocycles. The molecule has 44 valence electrons. The molecule has 0 bridgehead atoms. The summed E-state index contributed by atoms with van der Waals surface area (Å²) in [5.74, 6) is -0.887. The van der Waals surface area contributed by atoms with E-state index in [2.05, 4.69) is 0 Å². The predicted molar refractivity (Wildman–Crippen MR) is 32.8 cm³/mol. The van der Waals surface area contributed by atoms with Gasteiger partial charge in [-0.25, -0.2) is 0 Å². The van der Waals surface area contributed by atoms with Crippen molar-refractivity contribution in [3.63, 3.8) is 0 Å². The lowest BCUT2D eigenvalue weighted by atomic mass is 10.1. The molecular weight excluding hydrogens is 116 g/mol. The van der Waals surface area contributed by atoms with Crippen LogP contribution in [0.15, 0.2) is 0 Å². The second-order valence-electron chi connectivity index (χ2n) is 1.65. The predicted octanol–water partition coefficient (Wildman–Crippen LogP) is 0.736. The highest BCUT2D eigenvalue weighted by atomic mass is 24.3. The lowest BCUT2D eigenvalue weighted by Crippen LogP contribution is -2.06. The van der Waals surface area contributed by atoms with Gasteiger partial charge < -0.3 is 5.11 Å². The van der Waals surface area contributed by atoms with Gasteiger partial charge in [-0.15, -0.1) is 0 Å². The molecule has 1 atom stereocenters. The van der Waals surface area contributed by atoms with Gasteiger partial charge in [-0.2, -0.15) is 0 Å². The maximum absolute atomic E-state index is 9.93. The van der Waals surface area contributed by atoms with Gasteiger partial charge in [0.05, 0.1) is 5.92 Å². The van der Waals surface area contributed by atoms with E-state index in [1.807, 2.05) is 6.92 Å². The second-order valence-corrected chi connectivity index (χ2v) is 1.65. The Kier molecular flexibility index (Phi) is 7.45. The average Bonchev–Trinajstić information content (AvgIpc) is 1.65. The Morgan fingerprint density at radius 1 is 1.75 bits per heavy atom. The highest BCUT2D eigenvalue weighted by molar-refractivity contribution is 5.75. The summed E-state index contributed by atoms with van der Waals surface area (Å²) in [6.07, 6.45) is 0.718. The number of hydrogen-bond donors (Lipinski definition) is 1. The third-order valence-corrected chi connectivity index (χ3v) is 1.03. The van der Waals surface area contributed by atoms with Crippen LogP contribution in [0.3, 0.4) is 0 Å². The van der Waals surface area contributed by atoms with E-state index in [-0.39, 0.29) is 29.0 Å². The third kappa shape index (κ3) is 4.40. The van der Waals surface area contributed by atoms with Crippen molar-refractivity contribution in [3.05, 3.63) is 0 Å². The van der Waals surface area contributed by atoms with Crippen LogP contribution in [0.2, 0.25) is 0 Å². The Bertz CT molecular complexity index is 72.8. The summed E-state index contributed by atoms with van der Waals surface area (Å²) in [6.45, 7) is 3.56. The monoisotopic (exact) mass is 126 g/mol. The van der Waals surface area contributed by atoms with Crippen LogP contribution in [0.1, 0.15) is 20.3 Å². The molecule has 1 N–H and O–H groups in total. The Morgan fingerprint density at radius 2 is 2.12 bits per heavy atom. The Hall–Kier alpha value is 0.236. The molecule has 0 saturated heterocycles. The number of carboxylic acid groups (broad SMARTS) is 1. The first kappa shape index (κ1) is 11.1. The molecule has 1 unspecified atom stereocenters. The van der Waals surface area contributed by atoms with Gasteiger partial charge in [-0.1, -0.05) is 13.8 Å². The molecule has 0 rings (SSSR count). The van der Waals surface area contributed by atoms with Crippen LogP contribution in [-0.2, 0) is 4.79 Å². The quantitative estimate of drug-likeness (QED) is 0.554. The summed E-state index contributed by atoms with van der Waals surface area (Å²) >= 11 is 0. The number of carboxylic acids is 1. The summed E-state index contributed by atoms with van der Waals surface area (Å²) in [5, 5.41) is 8.18. The van der Waals surface area contributed by atoms with E-state index in [9.17, 15) is 4.79 Å². The van der Waals surface area contributed by atoms with E-state index < -0.39 is 5.97 Å². The van der Waals surface area contributed by atoms with Gasteiger partial charge >= 0.3 is 5.97 Å². The van der Waals surface area contributed by atoms with Crippen molar-refractivity contribution in [2.75, 3.05) is 0 Å². The summed E-state index contributed by atoms with van der Waals surface area (Å²) in [7, 11) is 0. The fourth-order valence-corrected chi connectivity index (χ4v) is 0.175. The molecule has 2 nitrogen and oxygen atoms in total. The van der Waals surface area contributed by atoms with E-state index in [1.165, 1.54) is 0 Å². The van der Waals surface area contributed by atoms with E-state index in [0.717, 1.165) is 6.42 Å². The molecule has 0 aromatic rings. The fourth-order valence-electron chi connectivity index (χ4n) is 0.175. The van der Waals surface area contributed by atoms with Crippen LogP contribution in [0.4, 0.5) is 0 Å². The van der Waals surface area contributed by atoms with Gasteiger partial charge in [0, 0.05) is 23.1 Å².